The average Bonchev–Trinajstić information content (AvgIpc) is 3.02. The highest BCUT2D eigenvalue weighted by molar-refractivity contribution is 14.1. The quantitative estimate of drug-likeness (QED) is 0.0647. The van der Waals surface area contributed by atoms with E-state index in [9.17, 15) is 14.4 Å². The van der Waals surface area contributed by atoms with Crippen LogP contribution in [-0.4, -0.2) is 28.1 Å². The second kappa shape index (κ2) is 16.8. The Morgan fingerprint density at radius 2 is 1.81 bits per heavy atom. The summed E-state index contributed by atoms with van der Waals surface area (Å²) >= 11 is 2.39. The third kappa shape index (κ3) is 12.2. The molecule has 4 nitrogen and oxygen atoms in total. The zero-order valence-corrected chi connectivity index (χ0v) is 22.0. The van der Waals surface area contributed by atoms with Gasteiger partial charge >= 0.3 is 5.97 Å². The predicted octanol–water partition coefficient (Wildman–Crippen LogP) is 7.02. The molecular formula is C26H43IO4. The third-order valence-corrected chi connectivity index (χ3v) is 7.32. The highest BCUT2D eigenvalue weighted by atomic mass is 127. The predicted molar refractivity (Wildman–Crippen MR) is 135 cm³/mol. The summed E-state index contributed by atoms with van der Waals surface area (Å²) in [6, 6.07) is 0. The number of ketones is 2. The number of halogens is 1. The molecule has 0 saturated heterocycles. The van der Waals surface area contributed by atoms with Crippen LogP contribution < -0.4 is 0 Å². The molecule has 0 aromatic carbocycles. The summed E-state index contributed by atoms with van der Waals surface area (Å²) in [6.45, 7) is 5.92. The normalized spacial score (nSPS) is 21.3. The summed E-state index contributed by atoms with van der Waals surface area (Å²) < 4.78 is 6.13. The number of esters is 1. The summed E-state index contributed by atoms with van der Waals surface area (Å²) in [5, 5.41) is 0. The molecule has 0 amide bonds. The number of ether oxygens (including phenoxy) is 1. The Bertz CT molecular complexity index is 570. The van der Waals surface area contributed by atoms with E-state index in [4.69, 9.17) is 4.74 Å². The summed E-state index contributed by atoms with van der Waals surface area (Å²) in [6.07, 6.45) is 15.6. The first kappa shape index (κ1) is 28.3. The van der Waals surface area contributed by atoms with Crippen LogP contribution in [0.1, 0.15) is 104 Å². The molecular weight excluding hydrogens is 503 g/mol. The lowest BCUT2D eigenvalue weighted by molar-refractivity contribution is -0.147. The highest BCUT2D eigenvalue weighted by Gasteiger charge is 2.40. The van der Waals surface area contributed by atoms with Gasteiger partial charge in [0.15, 0.2) is 0 Å². The molecule has 1 aliphatic carbocycles. The zero-order valence-electron chi connectivity index (χ0n) is 19.9. The Morgan fingerprint density at radius 1 is 1.06 bits per heavy atom. The number of unbranched alkanes of at least 4 members (excludes halogenated alkanes) is 5. The highest BCUT2D eigenvalue weighted by Crippen LogP contribution is 2.40. The molecule has 0 aliphatic heterocycles. The Hall–Kier alpha value is -0.720. The van der Waals surface area contributed by atoms with E-state index in [-0.39, 0.29) is 18.0 Å². The summed E-state index contributed by atoms with van der Waals surface area (Å²) in [5.74, 6) is 1.39. The molecule has 0 spiro atoms. The van der Waals surface area contributed by atoms with Crippen molar-refractivity contribution < 1.29 is 19.1 Å². The maximum Gasteiger partial charge on any atom is 0.306 e. The Labute approximate surface area is 203 Å². The van der Waals surface area contributed by atoms with Crippen molar-refractivity contribution in [3.63, 3.8) is 0 Å². The van der Waals surface area contributed by atoms with Crippen LogP contribution in [0.4, 0.5) is 0 Å². The van der Waals surface area contributed by atoms with Crippen molar-refractivity contribution in [2.24, 2.45) is 17.8 Å². The van der Waals surface area contributed by atoms with Gasteiger partial charge in [-0.25, -0.2) is 0 Å². The number of Topliss-reactive ketones (excluding diaryl/α,β-unsaturated/α-hetero) is 2. The van der Waals surface area contributed by atoms with Gasteiger partial charge in [0.25, 0.3) is 0 Å². The van der Waals surface area contributed by atoms with Gasteiger partial charge in [-0.05, 0) is 57.8 Å². The number of hydrogen-bond donors (Lipinski definition) is 0. The van der Waals surface area contributed by atoms with Gasteiger partial charge in [-0.3, -0.25) is 14.4 Å². The molecule has 0 aromatic rings. The number of carbonyl (C=O) groups is 3. The molecule has 5 heteroatoms. The molecule has 0 N–H and O–H groups in total. The Morgan fingerprint density at radius 3 is 2.48 bits per heavy atom. The minimum absolute atomic E-state index is 0.0549. The molecule has 0 bridgehead atoms. The molecule has 0 unspecified atom stereocenters. The lowest BCUT2D eigenvalue weighted by Crippen LogP contribution is -2.19. The van der Waals surface area contributed by atoms with Crippen molar-refractivity contribution in [1.29, 1.82) is 0 Å². The molecule has 1 rings (SSSR count). The first-order valence-electron chi connectivity index (χ1n) is 12.3. The average molecular weight is 547 g/mol. The molecule has 31 heavy (non-hydrogen) atoms. The fraction of sp³-hybridized carbons (Fsp3) is 0.808. The standard InChI is InChI=1S/C26H43IO4/c1-4-5-6-7-10-13-22(28)16-17-23-21(19-27)18-25(29)24(23)14-11-8-9-12-15-26(30)31-20(2)3/h8,11,20-21,23-24H,4-7,9-10,12-19H2,1-3H3/b11-8+/t21-,23-,24+/m0/s1. The monoisotopic (exact) mass is 546 g/mol. The topological polar surface area (TPSA) is 60.4 Å². The van der Waals surface area contributed by atoms with Gasteiger partial charge in [-0.15, -0.1) is 0 Å². The van der Waals surface area contributed by atoms with Crippen LogP contribution in [0.15, 0.2) is 12.2 Å². The van der Waals surface area contributed by atoms with E-state index in [1.807, 2.05) is 13.8 Å². The van der Waals surface area contributed by atoms with E-state index in [2.05, 4.69) is 41.7 Å². The van der Waals surface area contributed by atoms with Crippen molar-refractivity contribution in [3.05, 3.63) is 12.2 Å². The molecule has 3 atom stereocenters. The minimum atomic E-state index is -0.144. The van der Waals surface area contributed by atoms with Crippen molar-refractivity contribution in [3.8, 4) is 0 Å². The van der Waals surface area contributed by atoms with Crippen molar-refractivity contribution >= 4 is 40.1 Å². The number of hydrogen-bond acceptors (Lipinski definition) is 4. The van der Waals surface area contributed by atoms with Crippen molar-refractivity contribution in [1.82, 2.24) is 0 Å². The van der Waals surface area contributed by atoms with Crippen LogP contribution in [0.5, 0.6) is 0 Å². The van der Waals surface area contributed by atoms with E-state index in [0.717, 1.165) is 43.0 Å². The molecule has 1 fully saturated rings. The Balaban J connectivity index is 2.39. The number of alkyl halides is 1. The molecule has 1 aliphatic rings. The Kier molecular flexibility index (Phi) is 15.4. The first-order valence-corrected chi connectivity index (χ1v) is 13.9. The van der Waals surface area contributed by atoms with Crippen LogP contribution in [0.2, 0.25) is 0 Å². The SMILES string of the molecule is CCCCCCCC(=O)CC[C@H]1[C@H](CI)CC(=O)[C@@H]1C/C=C/CCCC(=O)OC(C)C. The molecule has 0 aromatic heterocycles. The number of allylic oxidation sites excluding steroid dienone is 2. The summed E-state index contributed by atoms with van der Waals surface area (Å²) in [7, 11) is 0. The molecule has 0 heterocycles. The maximum absolute atomic E-state index is 12.6. The first-order chi connectivity index (χ1) is 14.9. The van der Waals surface area contributed by atoms with Crippen LogP contribution in [0.25, 0.3) is 0 Å². The number of carbonyl (C=O) groups excluding carboxylic acids is 3. The van der Waals surface area contributed by atoms with E-state index < -0.39 is 0 Å². The van der Waals surface area contributed by atoms with Crippen LogP contribution in [0, 0.1) is 17.8 Å². The summed E-state index contributed by atoms with van der Waals surface area (Å²) in [4.78, 5) is 36.5. The van der Waals surface area contributed by atoms with Crippen LogP contribution >= 0.6 is 22.6 Å². The molecule has 178 valence electrons. The van der Waals surface area contributed by atoms with E-state index >= 15 is 0 Å². The maximum atomic E-state index is 12.6. The lowest BCUT2D eigenvalue weighted by Gasteiger charge is -2.21. The fourth-order valence-corrected chi connectivity index (χ4v) is 5.43. The van der Waals surface area contributed by atoms with Crippen LogP contribution in [-0.2, 0) is 19.1 Å². The van der Waals surface area contributed by atoms with Gasteiger partial charge in [0.2, 0.25) is 0 Å². The fourth-order valence-electron chi connectivity index (χ4n) is 4.47. The van der Waals surface area contributed by atoms with Gasteiger partial charge in [0.05, 0.1) is 6.10 Å². The van der Waals surface area contributed by atoms with E-state index in [1.165, 1.54) is 19.3 Å². The minimum Gasteiger partial charge on any atom is -0.463 e. The van der Waals surface area contributed by atoms with E-state index in [0.29, 0.717) is 49.1 Å². The molecule has 1 saturated carbocycles. The van der Waals surface area contributed by atoms with Gasteiger partial charge in [0.1, 0.15) is 11.6 Å². The van der Waals surface area contributed by atoms with Crippen LogP contribution in [0.3, 0.4) is 0 Å². The van der Waals surface area contributed by atoms with Gasteiger partial charge in [0, 0.05) is 36.0 Å². The second-order valence-corrected chi connectivity index (χ2v) is 10.1. The van der Waals surface area contributed by atoms with Gasteiger partial charge < -0.3 is 4.74 Å². The van der Waals surface area contributed by atoms with Crippen molar-refractivity contribution in [2.45, 2.75) is 110 Å². The lowest BCUT2D eigenvalue weighted by atomic mass is 9.83. The molecule has 0 radical (unpaired) electrons. The number of rotatable bonds is 17. The van der Waals surface area contributed by atoms with Crippen molar-refractivity contribution in [2.75, 3.05) is 4.43 Å². The van der Waals surface area contributed by atoms with Gasteiger partial charge in [-0.2, -0.15) is 0 Å². The van der Waals surface area contributed by atoms with E-state index in [1.54, 1.807) is 0 Å². The third-order valence-electron chi connectivity index (χ3n) is 6.19. The summed E-state index contributed by atoms with van der Waals surface area (Å²) in [5.41, 5.74) is 0. The second-order valence-electron chi connectivity index (χ2n) is 9.23. The zero-order chi connectivity index (χ0) is 23.1. The smallest absolute Gasteiger partial charge is 0.306 e. The van der Waals surface area contributed by atoms with Gasteiger partial charge in [-0.1, -0.05) is 67.3 Å². The largest absolute Gasteiger partial charge is 0.463 e.